The van der Waals surface area contributed by atoms with Gasteiger partial charge in [-0.05, 0) is 36.8 Å². The average Bonchev–Trinajstić information content (AvgIpc) is 2.76. The molecule has 3 rings (SSSR count). The van der Waals surface area contributed by atoms with E-state index >= 15 is 0 Å². The Bertz CT molecular complexity index is 990. The highest BCUT2D eigenvalue weighted by Crippen LogP contribution is 2.27. The summed E-state index contributed by atoms with van der Waals surface area (Å²) in [6, 6.07) is 22.9. The molecule has 154 valence electrons. The highest BCUT2D eigenvalue weighted by atomic mass is 35.5. The minimum Gasteiger partial charge on any atom is -0.492 e. The predicted molar refractivity (Wildman–Crippen MR) is 117 cm³/mol. The van der Waals surface area contributed by atoms with E-state index < -0.39 is 18.0 Å². The van der Waals surface area contributed by atoms with Crippen molar-refractivity contribution < 1.29 is 19.1 Å². The summed E-state index contributed by atoms with van der Waals surface area (Å²) in [5, 5.41) is 3.40. The van der Waals surface area contributed by atoms with E-state index in [1.54, 1.807) is 66.7 Å². The summed E-state index contributed by atoms with van der Waals surface area (Å²) in [5.74, 6) is -0.426. The fraction of sp³-hybridized carbons (Fsp3) is 0.167. The summed E-state index contributed by atoms with van der Waals surface area (Å²) < 4.78 is 11.1. The minimum absolute atomic E-state index is 0.0311. The SMILES string of the molecule is CCOc1ccccc1NC(=O)[C@H](OC(=O)Cc1ccc(Cl)cc1)c1ccccc1. The summed E-state index contributed by atoms with van der Waals surface area (Å²) in [4.78, 5) is 25.6. The molecule has 0 aliphatic heterocycles. The van der Waals surface area contributed by atoms with Crippen LogP contribution in [0.15, 0.2) is 78.9 Å². The Hall–Kier alpha value is -3.31. The zero-order chi connectivity index (χ0) is 21.3. The molecule has 0 aliphatic carbocycles. The molecule has 0 saturated carbocycles. The van der Waals surface area contributed by atoms with Crippen LogP contribution < -0.4 is 10.1 Å². The first kappa shape index (κ1) is 21.4. The average molecular weight is 424 g/mol. The molecule has 30 heavy (non-hydrogen) atoms. The molecule has 0 heterocycles. The molecule has 5 nitrogen and oxygen atoms in total. The van der Waals surface area contributed by atoms with Gasteiger partial charge in [0.25, 0.3) is 5.91 Å². The molecule has 0 aromatic heterocycles. The van der Waals surface area contributed by atoms with Gasteiger partial charge in [-0.2, -0.15) is 0 Å². The second kappa shape index (κ2) is 10.5. The van der Waals surface area contributed by atoms with Crippen LogP contribution in [-0.4, -0.2) is 18.5 Å². The van der Waals surface area contributed by atoms with Crippen LogP contribution in [0.25, 0.3) is 0 Å². The topological polar surface area (TPSA) is 64.6 Å². The Balaban J connectivity index is 1.78. The third-order valence-electron chi connectivity index (χ3n) is 4.30. The van der Waals surface area contributed by atoms with E-state index in [1.807, 2.05) is 19.1 Å². The third-order valence-corrected chi connectivity index (χ3v) is 4.55. The molecule has 0 unspecified atom stereocenters. The number of anilines is 1. The number of hydrogen-bond donors (Lipinski definition) is 1. The smallest absolute Gasteiger partial charge is 0.311 e. The van der Waals surface area contributed by atoms with Crippen LogP contribution in [-0.2, 0) is 20.7 Å². The summed E-state index contributed by atoms with van der Waals surface area (Å²) in [5.41, 5.74) is 1.84. The molecule has 3 aromatic rings. The number of para-hydroxylation sites is 2. The van der Waals surface area contributed by atoms with Gasteiger partial charge < -0.3 is 14.8 Å². The largest absolute Gasteiger partial charge is 0.492 e. The van der Waals surface area contributed by atoms with Gasteiger partial charge in [-0.25, -0.2) is 0 Å². The van der Waals surface area contributed by atoms with Crippen LogP contribution in [0.5, 0.6) is 5.75 Å². The zero-order valence-electron chi connectivity index (χ0n) is 16.5. The molecule has 1 atom stereocenters. The van der Waals surface area contributed by atoms with Gasteiger partial charge in [-0.15, -0.1) is 0 Å². The van der Waals surface area contributed by atoms with E-state index in [9.17, 15) is 9.59 Å². The van der Waals surface area contributed by atoms with Crippen LogP contribution >= 0.6 is 11.6 Å². The number of benzene rings is 3. The van der Waals surface area contributed by atoms with Gasteiger partial charge in [0.15, 0.2) is 0 Å². The fourth-order valence-electron chi connectivity index (χ4n) is 2.89. The maximum Gasteiger partial charge on any atom is 0.311 e. The summed E-state index contributed by atoms with van der Waals surface area (Å²) in [6.45, 7) is 2.33. The van der Waals surface area contributed by atoms with Crippen LogP contribution in [0.3, 0.4) is 0 Å². The van der Waals surface area contributed by atoms with E-state index in [0.29, 0.717) is 28.6 Å². The number of nitrogens with one attached hydrogen (secondary N) is 1. The number of esters is 1. The van der Waals surface area contributed by atoms with Gasteiger partial charge in [0.2, 0.25) is 6.10 Å². The highest BCUT2D eigenvalue weighted by Gasteiger charge is 2.26. The molecule has 0 aliphatic rings. The Morgan fingerprint density at radius 2 is 1.60 bits per heavy atom. The normalized spacial score (nSPS) is 11.4. The first-order valence-electron chi connectivity index (χ1n) is 9.58. The summed E-state index contributed by atoms with van der Waals surface area (Å²) in [7, 11) is 0. The maximum atomic E-state index is 13.0. The van der Waals surface area contributed by atoms with Crippen molar-refractivity contribution in [3.63, 3.8) is 0 Å². The van der Waals surface area contributed by atoms with Crippen LogP contribution in [0.1, 0.15) is 24.2 Å². The van der Waals surface area contributed by atoms with Gasteiger partial charge in [-0.1, -0.05) is 66.2 Å². The van der Waals surface area contributed by atoms with Crippen molar-refractivity contribution in [3.05, 3.63) is 95.0 Å². The molecular weight excluding hydrogens is 402 g/mol. The first-order valence-corrected chi connectivity index (χ1v) is 9.96. The Labute approximate surface area is 180 Å². The Morgan fingerprint density at radius 1 is 0.933 bits per heavy atom. The standard InChI is InChI=1S/C24H22ClNO4/c1-2-29-21-11-7-6-10-20(21)26-24(28)23(18-8-4-3-5-9-18)30-22(27)16-17-12-14-19(25)15-13-17/h3-15,23H,2,16H2,1H3,(H,26,28)/t23-/m1/s1. The van der Waals surface area contributed by atoms with Gasteiger partial charge >= 0.3 is 5.97 Å². The maximum absolute atomic E-state index is 13.0. The lowest BCUT2D eigenvalue weighted by Crippen LogP contribution is -2.26. The number of ether oxygens (including phenoxy) is 2. The lowest BCUT2D eigenvalue weighted by atomic mass is 10.1. The molecule has 0 spiro atoms. The van der Waals surface area contributed by atoms with Crippen LogP contribution in [0.4, 0.5) is 5.69 Å². The monoisotopic (exact) mass is 423 g/mol. The Kier molecular flexibility index (Phi) is 7.46. The fourth-order valence-corrected chi connectivity index (χ4v) is 3.02. The molecule has 3 aromatic carbocycles. The van der Waals surface area contributed by atoms with E-state index in [2.05, 4.69) is 5.32 Å². The molecule has 6 heteroatoms. The van der Waals surface area contributed by atoms with Crippen molar-refractivity contribution in [2.24, 2.45) is 0 Å². The zero-order valence-corrected chi connectivity index (χ0v) is 17.3. The molecule has 0 fully saturated rings. The first-order chi connectivity index (χ1) is 14.6. The van der Waals surface area contributed by atoms with Gasteiger partial charge in [-0.3, -0.25) is 9.59 Å². The van der Waals surface area contributed by atoms with Crippen molar-refractivity contribution in [2.75, 3.05) is 11.9 Å². The van der Waals surface area contributed by atoms with Crippen molar-refractivity contribution in [1.82, 2.24) is 0 Å². The molecule has 0 saturated heterocycles. The number of amides is 1. The third kappa shape index (κ3) is 5.84. The van der Waals surface area contributed by atoms with E-state index in [1.165, 1.54) is 0 Å². The predicted octanol–water partition coefficient (Wildman–Crippen LogP) is 5.20. The quantitative estimate of drug-likeness (QED) is 0.505. The molecule has 1 amide bonds. The number of carbonyl (C=O) groups is 2. The number of hydrogen-bond acceptors (Lipinski definition) is 4. The van der Waals surface area contributed by atoms with E-state index in [4.69, 9.17) is 21.1 Å². The Morgan fingerprint density at radius 3 is 2.30 bits per heavy atom. The van der Waals surface area contributed by atoms with Crippen LogP contribution in [0, 0.1) is 0 Å². The van der Waals surface area contributed by atoms with E-state index in [-0.39, 0.29) is 6.42 Å². The molecule has 0 radical (unpaired) electrons. The van der Waals surface area contributed by atoms with Crippen LogP contribution in [0.2, 0.25) is 5.02 Å². The molecule has 0 bridgehead atoms. The second-order valence-corrected chi connectivity index (χ2v) is 6.94. The number of rotatable bonds is 8. The summed E-state index contributed by atoms with van der Waals surface area (Å²) in [6.07, 6.45) is -1.07. The highest BCUT2D eigenvalue weighted by molar-refractivity contribution is 6.30. The van der Waals surface area contributed by atoms with Crippen molar-refractivity contribution in [1.29, 1.82) is 0 Å². The van der Waals surface area contributed by atoms with Crippen molar-refractivity contribution >= 4 is 29.2 Å². The molecule has 1 N–H and O–H groups in total. The number of carbonyl (C=O) groups excluding carboxylic acids is 2. The second-order valence-electron chi connectivity index (χ2n) is 6.50. The molecular formula is C24H22ClNO4. The van der Waals surface area contributed by atoms with Crippen molar-refractivity contribution in [2.45, 2.75) is 19.4 Å². The number of halogens is 1. The van der Waals surface area contributed by atoms with Crippen molar-refractivity contribution in [3.8, 4) is 5.75 Å². The lowest BCUT2D eigenvalue weighted by molar-refractivity contribution is -0.154. The van der Waals surface area contributed by atoms with Gasteiger partial charge in [0, 0.05) is 10.6 Å². The van der Waals surface area contributed by atoms with Gasteiger partial charge in [0.1, 0.15) is 5.75 Å². The summed E-state index contributed by atoms with van der Waals surface area (Å²) >= 11 is 5.89. The van der Waals surface area contributed by atoms with Gasteiger partial charge in [0.05, 0.1) is 18.7 Å². The van der Waals surface area contributed by atoms with E-state index in [0.717, 1.165) is 5.56 Å². The lowest BCUT2D eigenvalue weighted by Gasteiger charge is -2.19. The minimum atomic E-state index is -1.10.